The Kier molecular flexibility index (Phi) is 13.4. The lowest BCUT2D eigenvalue weighted by Crippen LogP contribution is -2.42. The van der Waals surface area contributed by atoms with E-state index in [0.717, 1.165) is 24.8 Å². The summed E-state index contributed by atoms with van der Waals surface area (Å²) in [5.74, 6) is -1.08. The number of carbonyl (C=O) groups is 3. The molecule has 0 radical (unpaired) electrons. The quantitative estimate of drug-likeness (QED) is 0.0861. The molecule has 3 heterocycles. The zero-order valence-corrected chi connectivity index (χ0v) is 31.0. The van der Waals surface area contributed by atoms with Crippen LogP contribution in [0.3, 0.4) is 0 Å². The number of allylic oxidation sites excluding steroid dienone is 1. The maximum Gasteiger partial charge on any atom is 0.341 e. The summed E-state index contributed by atoms with van der Waals surface area (Å²) in [6, 6.07) is 3.35. The molecule has 1 aliphatic heterocycles. The number of amides is 1. The van der Waals surface area contributed by atoms with Crippen molar-refractivity contribution in [3.8, 4) is 0 Å². The van der Waals surface area contributed by atoms with E-state index in [-0.39, 0.29) is 41.4 Å². The second kappa shape index (κ2) is 17.8. The maximum absolute atomic E-state index is 14.1. The number of carbonyl (C=O) groups excluding carboxylic acids is 3. The largest absolute Gasteiger partial charge is 0.462 e. The lowest BCUT2D eigenvalue weighted by molar-refractivity contribution is -0.113. The number of hydrogen-bond donors (Lipinski definition) is 5. The summed E-state index contributed by atoms with van der Waals surface area (Å²) in [7, 11) is 0. The third kappa shape index (κ3) is 10.7. The van der Waals surface area contributed by atoms with Crippen molar-refractivity contribution in [2.75, 3.05) is 29.1 Å². The average molecular weight is 778 g/mol. The fourth-order valence-corrected chi connectivity index (χ4v) is 6.95. The van der Waals surface area contributed by atoms with E-state index in [9.17, 15) is 32.7 Å². The second-order valence-electron chi connectivity index (χ2n) is 13.8. The maximum atomic E-state index is 14.1. The van der Waals surface area contributed by atoms with Crippen molar-refractivity contribution in [3.63, 3.8) is 0 Å². The first-order valence-corrected chi connectivity index (χ1v) is 18.6. The Morgan fingerprint density at radius 2 is 1.75 bits per heavy atom. The average Bonchev–Trinajstić information content (AvgIpc) is 3.54. The van der Waals surface area contributed by atoms with Crippen LogP contribution in [0.5, 0.6) is 0 Å². The first kappa shape index (κ1) is 40.0. The van der Waals surface area contributed by atoms with Gasteiger partial charge in [-0.2, -0.15) is 0 Å². The molecule has 3 atom stereocenters. The standard InChI is InChI=1S/C23H28F3N5O2S.C13H15ClN2O3/c1-23(2,33)19(24)10-28-22(32)15-9-27-20(8-17(15)30-14-5-12(6-14)21(25)26)31-13-3-4-16-18(7-13)34-11-29-16;1-2-19-13(18)10-6-15-12(14)5-11(10)16-9-3-8(4-9)7-17/h3-4,7-9,11-12,14,16,18-19,21,33H,5-6,10H2,1-2H3,(H,28,32)(H2,27,30,31);5-9H,2-4H2,1H3,(H,15,16)/t12?,14?,16?,18?,19-;/m1./s1. The number of anilines is 3. The molecule has 0 spiro atoms. The SMILES string of the molecule is CC(C)(O)[C@H](F)CNC(=O)c1cnc(NC2=CC3SC=NC3C=C2)cc1NC1CC(C(F)F)C1.CCOC(=O)c1cnc(Cl)cc1NC1CC(C=O)C1. The van der Waals surface area contributed by atoms with Crippen LogP contribution in [0.25, 0.3) is 0 Å². The van der Waals surface area contributed by atoms with Crippen molar-refractivity contribution in [2.24, 2.45) is 16.8 Å². The number of aliphatic imine (C=N–C) groups is 1. The molecular formula is C36H43ClF3N7O5S. The Labute approximate surface area is 314 Å². The molecule has 4 aliphatic rings. The zero-order chi connectivity index (χ0) is 38.3. The number of aldehydes is 1. The van der Waals surface area contributed by atoms with Gasteiger partial charge in [-0.05, 0) is 64.7 Å². The van der Waals surface area contributed by atoms with Crippen LogP contribution in [0.15, 0.2) is 53.4 Å². The van der Waals surface area contributed by atoms with Crippen LogP contribution in [0.2, 0.25) is 5.15 Å². The Morgan fingerprint density at radius 1 is 1.08 bits per heavy atom. The number of nitrogens with one attached hydrogen (secondary N) is 4. The van der Waals surface area contributed by atoms with Gasteiger partial charge in [0.25, 0.3) is 5.91 Å². The van der Waals surface area contributed by atoms with E-state index in [1.54, 1.807) is 30.8 Å². The molecule has 2 fully saturated rings. The van der Waals surface area contributed by atoms with Crippen LogP contribution in [0.4, 0.5) is 30.4 Å². The van der Waals surface area contributed by atoms with Crippen molar-refractivity contribution in [1.82, 2.24) is 15.3 Å². The minimum absolute atomic E-state index is 0.112. The predicted octanol–water partition coefficient (Wildman–Crippen LogP) is 6.06. The molecule has 2 saturated carbocycles. The lowest BCUT2D eigenvalue weighted by atomic mass is 9.80. The molecule has 0 bridgehead atoms. The molecule has 6 rings (SSSR count). The van der Waals surface area contributed by atoms with E-state index >= 15 is 0 Å². The number of ether oxygens (including phenoxy) is 1. The molecule has 286 valence electrons. The molecule has 17 heteroatoms. The van der Waals surface area contributed by atoms with Gasteiger partial charge in [-0.25, -0.2) is 27.9 Å². The van der Waals surface area contributed by atoms with Crippen molar-refractivity contribution in [2.45, 2.75) is 88.0 Å². The number of fused-ring (bicyclic) bond motifs is 1. The molecule has 0 saturated heterocycles. The van der Waals surface area contributed by atoms with Crippen molar-refractivity contribution < 1.29 is 37.4 Å². The van der Waals surface area contributed by atoms with Crippen molar-refractivity contribution in [3.05, 3.63) is 64.7 Å². The number of rotatable bonds is 14. The number of alkyl halides is 3. The van der Waals surface area contributed by atoms with Crippen LogP contribution in [-0.4, -0.2) is 93.5 Å². The second-order valence-corrected chi connectivity index (χ2v) is 15.2. The highest BCUT2D eigenvalue weighted by Gasteiger charge is 2.36. The van der Waals surface area contributed by atoms with E-state index in [4.69, 9.17) is 16.3 Å². The van der Waals surface area contributed by atoms with Gasteiger partial charge in [0.05, 0.1) is 52.5 Å². The van der Waals surface area contributed by atoms with E-state index in [2.05, 4.69) is 42.3 Å². The molecule has 5 N–H and O–H groups in total. The van der Waals surface area contributed by atoms with E-state index in [1.807, 2.05) is 17.7 Å². The van der Waals surface area contributed by atoms with E-state index in [1.165, 1.54) is 26.2 Å². The molecule has 3 aliphatic carbocycles. The smallest absolute Gasteiger partial charge is 0.341 e. The first-order chi connectivity index (χ1) is 25.2. The normalized spacial score (nSPS) is 24.7. The minimum Gasteiger partial charge on any atom is -0.462 e. The Balaban J connectivity index is 0.000000241. The summed E-state index contributed by atoms with van der Waals surface area (Å²) in [5, 5.41) is 22.3. The number of pyridine rings is 2. The van der Waals surface area contributed by atoms with Gasteiger partial charge in [0, 0.05) is 48.1 Å². The van der Waals surface area contributed by atoms with Crippen LogP contribution >= 0.6 is 23.4 Å². The highest BCUT2D eigenvalue weighted by Crippen LogP contribution is 2.36. The van der Waals surface area contributed by atoms with Crippen LogP contribution < -0.4 is 21.3 Å². The molecule has 12 nitrogen and oxygen atoms in total. The highest BCUT2D eigenvalue weighted by atomic mass is 35.5. The minimum atomic E-state index is -2.37. The summed E-state index contributed by atoms with van der Waals surface area (Å²) in [6.07, 6.45) is 7.79. The summed E-state index contributed by atoms with van der Waals surface area (Å²) >= 11 is 7.47. The van der Waals surface area contributed by atoms with Crippen molar-refractivity contribution in [1.29, 1.82) is 0 Å². The topological polar surface area (TPSA) is 167 Å². The number of aromatic nitrogens is 2. The van der Waals surface area contributed by atoms with Gasteiger partial charge in [0.1, 0.15) is 29.0 Å². The van der Waals surface area contributed by atoms with Crippen molar-refractivity contribution >= 4 is 64.3 Å². The van der Waals surface area contributed by atoms with Gasteiger partial charge in [-0.15, -0.1) is 11.8 Å². The third-order valence-corrected chi connectivity index (χ3v) is 10.4. The molecule has 53 heavy (non-hydrogen) atoms. The van der Waals surface area contributed by atoms with Gasteiger partial charge in [-0.1, -0.05) is 17.7 Å². The summed E-state index contributed by atoms with van der Waals surface area (Å²) in [4.78, 5) is 47.7. The highest BCUT2D eigenvalue weighted by molar-refractivity contribution is 8.13. The van der Waals surface area contributed by atoms with Gasteiger partial charge in [-0.3, -0.25) is 9.79 Å². The zero-order valence-electron chi connectivity index (χ0n) is 29.4. The fourth-order valence-electron chi connectivity index (χ4n) is 5.89. The number of thioether (sulfide) groups is 1. The Morgan fingerprint density at radius 3 is 2.42 bits per heavy atom. The molecular weight excluding hydrogens is 735 g/mol. The Hall–Kier alpha value is -4.15. The van der Waals surface area contributed by atoms with Gasteiger partial charge >= 0.3 is 5.97 Å². The summed E-state index contributed by atoms with van der Waals surface area (Å²) in [5.41, 5.74) is 2.62. The predicted molar refractivity (Wildman–Crippen MR) is 200 cm³/mol. The number of nitrogens with zero attached hydrogens (tertiary/aromatic N) is 3. The first-order valence-electron chi connectivity index (χ1n) is 17.3. The van der Waals surface area contributed by atoms with Crippen LogP contribution in [0.1, 0.15) is 67.2 Å². The molecule has 2 unspecified atom stereocenters. The molecule has 0 aromatic carbocycles. The Bertz CT molecular complexity index is 1730. The van der Waals surface area contributed by atoms with Gasteiger partial charge in [0.2, 0.25) is 6.43 Å². The molecule has 1 amide bonds. The summed E-state index contributed by atoms with van der Waals surface area (Å²) < 4.78 is 44.9. The number of hydrogen-bond acceptors (Lipinski definition) is 12. The molecule has 2 aromatic rings. The monoisotopic (exact) mass is 777 g/mol. The fraction of sp³-hybridized carbons (Fsp3) is 0.500. The van der Waals surface area contributed by atoms with Crippen LogP contribution in [0, 0.1) is 11.8 Å². The van der Waals surface area contributed by atoms with E-state index in [0.29, 0.717) is 47.4 Å². The summed E-state index contributed by atoms with van der Waals surface area (Å²) in [6.45, 7) is 4.31. The molecule has 2 aromatic heterocycles. The van der Waals surface area contributed by atoms with Crippen LogP contribution in [-0.2, 0) is 9.53 Å². The number of esters is 1. The van der Waals surface area contributed by atoms with Gasteiger partial charge in [0.15, 0.2) is 0 Å². The van der Waals surface area contributed by atoms with E-state index < -0.39 is 36.0 Å². The number of aliphatic hydroxyl groups is 1. The third-order valence-electron chi connectivity index (χ3n) is 9.22. The number of halogens is 4. The van der Waals surface area contributed by atoms with Gasteiger partial charge < -0.3 is 35.9 Å². The lowest BCUT2D eigenvalue weighted by Gasteiger charge is -2.36.